The number of nitrogens with zero attached hydrogens (tertiary/aromatic N) is 1. The van der Waals surface area contributed by atoms with Gasteiger partial charge in [-0.05, 0) is 18.9 Å². The van der Waals surface area contributed by atoms with E-state index in [4.69, 9.17) is 0 Å². The molecule has 0 spiro atoms. The van der Waals surface area contributed by atoms with Crippen LogP contribution in [0.5, 0.6) is 0 Å². The number of benzene rings is 1. The number of carbonyl (C=O) groups excluding carboxylic acids is 1. The van der Waals surface area contributed by atoms with E-state index in [0.29, 0.717) is 13.0 Å². The lowest BCUT2D eigenvalue weighted by molar-refractivity contribution is -0.384. The van der Waals surface area contributed by atoms with Gasteiger partial charge in [0.05, 0.1) is 4.92 Å². The van der Waals surface area contributed by atoms with Crippen molar-refractivity contribution in [2.45, 2.75) is 31.8 Å². The second-order valence-electron chi connectivity index (χ2n) is 4.78. The highest BCUT2D eigenvalue weighted by Gasteiger charge is 2.20. The van der Waals surface area contributed by atoms with Gasteiger partial charge in [0.15, 0.2) is 0 Å². The molecule has 2 atom stereocenters. The maximum Gasteiger partial charge on any atom is 0.269 e. The maximum absolute atomic E-state index is 11.1. The van der Waals surface area contributed by atoms with Gasteiger partial charge in [0.2, 0.25) is 5.91 Å². The molecular formula is C13H17N3O3. The number of hydrogen-bond donors (Lipinski definition) is 2. The van der Waals surface area contributed by atoms with Crippen LogP contribution in [0, 0.1) is 10.1 Å². The van der Waals surface area contributed by atoms with Crippen LogP contribution in [0.2, 0.25) is 0 Å². The molecule has 1 fully saturated rings. The molecule has 1 heterocycles. The van der Waals surface area contributed by atoms with Crippen molar-refractivity contribution in [2.75, 3.05) is 6.54 Å². The van der Waals surface area contributed by atoms with Gasteiger partial charge in [-0.25, -0.2) is 0 Å². The first kappa shape index (κ1) is 13.5. The number of non-ortho nitro benzene ring substituents is 1. The molecule has 19 heavy (non-hydrogen) atoms. The topological polar surface area (TPSA) is 84.3 Å². The first-order valence-corrected chi connectivity index (χ1v) is 6.33. The third kappa shape index (κ3) is 3.51. The number of amides is 1. The van der Waals surface area contributed by atoms with Crippen LogP contribution in [0.4, 0.5) is 5.69 Å². The predicted octanol–water partition coefficient (Wildman–Crippen LogP) is 1.52. The van der Waals surface area contributed by atoms with Crippen LogP contribution in [0.15, 0.2) is 24.3 Å². The molecule has 6 nitrogen and oxygen atoms in total. The van der Waals surface area contributed by atoms with E-state index in [1.54, 1.807) is 12.1 Å². The van der Waals surface area contributed by atoms with Crippen molar-refractivity contribution in [3.8, 4) is 0 Å². The Morgan fingerprint density at radius 3 is 2.63 bits per heavy atom. The highest BCUT2D eigenvalue weighted by Crippen LogP contribution is 2.18. The van der Waals surface area contributed by atoms with E-state index < -0.39 is 4.92 Å². The molecule has 0 aromatic heterocycles. The van der Waals surface area contributed by atoms with E-state index in [1.807, 2.05) is 6.92 Å². The molecule has 0 radical (unpaired) electrons. The molecule has 1 aromatic carbocycles. The molecule has 1 saturated heterocycles. The van der Waals surface area contributed by atoms with Crippen molar-refractivity contribution < 1.29 is 9.72 Å². The Labute approximate surface area is 111 Å². The van der Waals surface area contributed by atoms with Crippen LogP contribution in [0.25, 0.3) is 0 Å². The fourth-order valence-electron chi connectivity index (χ4n) is 2.21. The molecular weight excluding hydrogens is 246 g/mol. The average molecular weight is 263 g/mol. The molecule has 1 aliphatic rings. The summed E-state index contributed by atoms with van der Waals surface area (Å²) in [5, 5.41) is 16.8. The largest absolute Gasteiger partial charge is 0.355 e. The second-order valence-corrected chi connectivity index (χ2v) is 4.78. The predicted molar refractivity (Wildman–Crippen MR) is 70.7 cm³/mol. The Bertz CT molecular complexity index is 463. The van der Waals surface area contributed by atoms with Gasteiger partial charge in [-0.1, -0.05) is 12.1 Å². The number of piperidine rings is 1. The van der Waals surface area contributed by atoms with Crippen LogP contribution in [0.3, 0.4) is 0 Å². The maximum atomic E-state index is 11.1. The zero-order chi connectivity index (χ0) is 13.8. The molecule has 102 valence electrons. The standard InChI is InChI=1S/C13H17N3O3/c1-9(15-11-4-7-13(17)14-8-11)10-2-5-12(6-3-10)16(18)19/h2-3,5-6,9,11,15H,4,7-8H2,1H3,(H,14,17). The summed E-state index contributed by atoms with van der Waals surface area (Å²) in [6.45, 7) is 2.65. The van der Waals surface area contributed by atoms with Crippen molar-refractivity contribution in [2.24, 2.45) is 0 Å². The van der Waals surface area contributed by atoms with Gasteiger partial charge in [0.1, 0.15) is 0 Å². The van der Waals surface area contributed by atoms with Crippen molar-refractivity contribution in [3.05, 3.63) is 39.9 Å². The number of carbonyl (C=O) groups is 1. The third-order valence-electron chi connectivity index (χ3n) is 3.36. The van der Waals surface area contributed by atoms with Gasteiger partial charge in [0, 0.05) is 37.2 Å². The molecule has 2 unspecified atom stereocenters. The lowest BCUT2D eigenvalue weighted by Crippen LogP contribution is -2.46. The summed E-state index contributed by atoms with van der Waals surface area (Å²) in [5.74, 6) is 0.0982. The average Bonchev–Trinajstić information content (AvgIpc) is 2.41. The normalized spacial score (nSPS) is 20.7. The first-order valence-electron chi connectivity index (χ1n) is 6.33. The number of nitro benzene ring substituents is 1. The van der Waals surface area contributed by atoms with Crippen LogP contribution >= 0.6 is 0 Å². The summed E-state index contributed by atoms with van der Waals surface area (Å²) in [6, 6.07) is 6.89. The van der Waals surface area contributed by atoms with Gasteiger partial charge in [-0.3, -0.25) is 14.9 Å². The highest BCUT2D eigenvalue weighted by molar-refractivity contribution is 5.76. The van der Waals surface area contributed by atoms with Crippen molar-refractivity contribution in [1.29, 1.82) is 0 Å². The zero-order valence-corrected chi connectivity index (χ0v) is 10.8. The summed E-state index contributed by atoms with van der Waals surface area (Å²) in [6.07, 6.45) is 1.37. The molecule has 2 N–H and O–H groups in total. The minimum Gasteiger partial charge on any atom is -0.355 e. The molecule has 2 rings (SSSR count). The smallest absolute Gasteiger partial charge is 0.269 e. The Kier molecular flexibility index (Phi) is 4.11. The lowest BCUT2D eigenvalue weighted by Gasteiger charge is -2.27. The molecule has 1 amide bonds. The van der Waals surface area contributed by atoms with E-state index in [-0.39, 0.29) is 23.7 Å². The lowest BCUT2D eigenvalue weighted by atomic mass is 10.0. The third-order valence-corrected chi connectivity index (χ3v) is 3.36. The van der Waals surface area contributed by atoms with E-state index >= 15 is 0 Å². The molecule has 0 saturated carbocycles. The minimum atomic E-state index is -0.404. The van der Waals surface area contributed by atoms with Crippen molar-refractivity contribution in [1.82, 2.24) is 10.6 Å². The van der Waals surface area contributed by atoms with E-state index in [9.17, 15) is 14.9 Å². The van der Waals surface area contributed by atoms with E-state index in [0.717, 1.165) is 12.0 Å². The molecule has 1 aromatic rings. The second kappa shape index (κ2) is 5.79. The van der Waals surface area contributed by atoms with Crippen molar-refractivity contribution in [3.63, 3.8) is 0 Å². The SMILES string of the molecule is CC(NC1CCC(=O)NC1)c1ccc([N+](=O)[O-])cc1. The van der Waals surface area contributed by atoms with Gasteiger partial charge < -0.3 is 10.6 Å². The fraction of sp³-hybridized carbons (Fsp3) is 0.462. The fourth-order valence-corrected chi connectivity index (χ4v) is 2.21. The summed E-state index contributed by atoms with van der Waals surface area (Å²) in [4.78, 5) is 21.2. The van der Waals surface area contributed by atoms with Crippen LogP contribution in [-0.4, -0.2) is 23.4 Å². The van der Waals surface area contributed by atoms with Gasteiger partial charge in [-0.2, -0.15) is 0 Å². The van der Waals surface area contributed by atoms with Crippen LogP contribution < -0.4 is 10.6 Å². The molecule has 0 aliphatic carbocycles. The number of nitro groups is 1. The highest BCUT2D eigenvalue weighted by atomic mass is 16.6. The molecule has 0 bridgehead atoms. The minimum absolute atomic E-state index is 0.0980. The van der Waals surface area contributed by atoms with Gasteiger partial charge in [0.25, 0.3) is 5.69 Å². The number of rotatable bonds is 4. The Morgan fingerprint density at radius 1 is 1.42 bits per heavy atom. The van der Waals surface area contributed by atoms with Gasteiger partial charge in [-0.15, -0.1) is 0 Å². The van der Waals surface area contributed by atoms with E-state index in [2.05, 4.69) is 10.6 Å². The van der Waals surface area contributed by atoms with Crippen LogP contribution in [-0.2, 0) is 4.79 Å². The quantitative estimate of drug-likeness (QED) is 0.637. The zero-order valence-electron chi connectivity index (χ0n) is 10.8. The van der Waals surface area contributed by atoms with Crippen LogP contribution in [0.1, 0.15) is 31.4 Å². The molecule has 6 heteroatoms. The Morgan fingerprint density at radius 2 is 2.11 bits per heavy atom. The Balaban J connectivity index is 1.94. The summed E-state index contributed by atoms with van der Waals surface area (Å²) in [7, 11) is 0. The summed E-state index contributed by atoms with van der Waals surface area (Å²) < 4.78 is 0. The number of hydrogen-bond acceptors (Lipinski definition) is 4. The van der Waals surface area contributed by atoms with Gasteiger partial charge >= 0.3 is 0 Å². The van der Waals surface area contributed by atoms with Crippen molar-refractivity contribution >= 4 is 11.6 Å². The van der Waals surface area contributed by atoms with E-state index in [1.165, 1.54) is 12.1 Å². The first-order chi connectivity index (χ1) is 9.06. The number of nitrogens with one attached hydrogen (secondary N) is 2. The molecule has 1 aliphatic heterocycles. The summed E-state index contributed by atoms with van der Waals surface area (Å²) in [5.41, 5.74) is 1.10. The Hall–Kier alpha value is -1.95. The summed E-state index contributed by atoms with van der Waals surface area (Å²) >= 11 is 0. The monoisotopic (exact) mass is 263 g/mol.